The molecule has 1 amide bonds. The Balaban J connectivity index is 2.30. The Kier molecular flexibility index (Phi) is 4.15. The molecule has 1 aliphatic rings. The second-order valence-electron chi connectivity index (χ2n) is 4.80. The van der Waals surface area contributed by atoms with E-state index < -0.39 is 23.2 Å². The lowest BCUT2D eigenvalue weighted by molar-refractivity contribution is -0.140. The molecule has 17 heavy (non-hydrogen) atoms. The third-order valence-corrected chi connectivity index (χ3v) is 3.23. The topological polar surface area (TPSA) is 75.6 Å². The normalized spacial score (nSPS) is 24.8. The Morgan fingerprint density at radius 1 is 1.47 bits per heavy atom. The molecular weight excluding hydrogens is 222 g/mol. The van der Waals surface area contributed by atoms with Crippen molar-refractivity contribution in [1.29, 1.82) is 0 Å². The average Bonchev–Trinajstić information content (AvgIpc) is 2.81. The van der Waals surface area contributed by atoms with Crippen LogP contribution in [0.15, 0.2) is 12.8 Å². The second kappa shape index (κ2) is 5.21. The number of aliphatic carboxylic acids is 1. The predicted octanol–water partition coefficient (Wildman–Crippen LogP) is 1.01. The van der Waals surface area contributed by atoms with E-state index in [0.717, 1.165) is 0 Å². The van der Waals surface area contributed by atoms with E-state index in [9.17, 15) is 9.59 Å². The number of nitrogens with one attached hydrogen (secondary N) is 1. The largest absolute Gasteiger partial charge is 0.502 e. The van der Waals surface area contributed by atoms with Gasteiger partial charge in [0.1, 0.15) is 0 Å². The maximum absolute atomic E-state index is 11.7. The first-order valence-corrected chi connectivity index (χ1v) is 5.66. The second-order valence-corrected chi connectivity index (χ2v) is 4.80. The molecule has 1 saturated carbocycles. The zero-order chi connectivity index (χ0) is 13.1. The Hall–Kier alpha value is -1.52. The third kappa shape index (κ3) is 2.99. The van der Waals surface area contributed by atoms with Gasteiger partial charge < -0.3 is 15.2 Å². The van der Waals surface area contributed by atoms with Crippen LogP contribution >= 0.6 is 0 Å². The molecule has 0 bridgehead atoms. The molecule has 1 rings (SSSR count). The molecule has 2 N–H and O–H groups in total. The van der Waals surface area contributed by atoms with Crippen molar-refractivity contribution in [1.82, 2.24) is 5.32 Å². The summed E-state index contributed by atoms with van der Waals surface area (Å²) < 4.78 is 4.91. The number of amides is 1. The Bertz CT molecular complexity index is 324. The Morgan fingerprint density at radius 3 is 2.59 bits per heavy atom. The van der Waals surface area contributed by atoms with Crippen molar-refractivity contribution in [3.63, 3.8) is 0 Å². The first-order valence-electron chi connectivity index (χ1n) is 5.66. The summed E-state index contributed by atoms with van der Waals surface area (Å²) >= 11 is 0. The highest BCUT2D eigenvalue weighted by atomic mass is 16.5. The lowest BCUT2D eigenvalue weighted by Gasteiger charge is -2.05. The van der Waals surface area contributed by atoms with E-state index in [2.05, 4.69) is 11.9 Å². The Labute approximate surface area is 101 Å². The highest BCUT2D eigenvalue weighted by Crippen LogP contribution is 2.58. The highest BCUT2D eigenvalue weighted by molar-refractivity contribution is 5.91. The van der Waals surface area contributed by atoms with Gasteiger partial charge in [0.15, 0.2) is 0 Å². The summed E-state index contributed by atoms with van der Waals surface area (Å²) in [5.74, 6) is -2.06. The van der Waals surface area contributed by atoms with Gasteiger partial charge in [0.25, 0.3) is 0 Å². The minimum atomic E-state index is -0.898. The van der Waals surface area contributed by atoms with Gasteiger partial charge in [0.2, 0.25) is 5.91 Å². The van der Waals surface area contributed by atoms with Crippen LogP contribution in [-0.4, -0.2) is 30.1 Å². The van der Waals surface area contributed by atoms with Gasteiger partial charge in [-0.05, 0) is 11.8 Å². The number of hydrogen-bond acceptors (Lipinski definition) is 3. The van der Waals surface area contributed by atoms with E-state index in [1.165, 1.54) is 6.26 Å². The number of carboxylic acids is 1. The molecule has 0 aromatic heterocycles. The number of rotatable bonds is 7. The van der Waals surface area contributed by atoms with Crippen LogP contribution in [0.1, 0.15) is 20.3 Å². The van der Waals surface area contributed by atoms with E-state index in [4.69, 9.17) is 9.84 Å². The zero-order valence-electron chi connectivity index (χ0n) is 10.2. The van der Waals surface area contributed by atoms with Crippen LogP contribution in [0.3, 0.4) is 0 Å². The SMILES string of the molecule is C=COCCCNC(=O)[C@H]1[C@@H](C(=O)O)C1(C)C. The van der Waals surface area contributed by atoms with E-state index in [-0.39, 0.29) is 5.91 Å². The summed E-state index contributed by atoms with van der Waals surface area (Å²) in [6.07, 6.45) is 2.04. The van der Waals surface area contributed by atoms with Gasteiger partial charge in [0.05, 0.1) is 24.7 Å². The summed E-state index contributed by atoms with van der Waals surface area (Å²) in [4.78, 5) is 22.6. The third-order valence-electron chi connectivity index (χ3n) is 3.23. The van der Waals surface area contributed by atoms with Gasteiger partial charge in [-0.2, -0.15) is 0 Å². The molecule has 96 valence electrons. The van der Waals surface area contributed by atoms with Gasteiger partial charge in [-0.15, -0.1) is 0 Å². The molecule has 1 fully saturated rings. The fourth-order valence-electron chi connectivity index (χ4n) is 2.15. The van der Waals surface area contributed by atoms with Crippen molar-refractivity contribution in [3.8, 4) is 0 Å². The van der Waals surface area contributed by atoms with Crippen molar-refractivity contribution in [2.24, 2.45) is 17.3 Å². The number of carbonyl (C=O) groups is 2. The molecule has 0 radical (unpaired) electrons. The first-order chi connectivity index (χ1) is 7.92. The summed E-state index contributed by atoms with van der Waals surface area (Å²) in [6.45, 7) is 8.00. The summed E-state index contributed by atoms with van der Waals surface area (Å²) in [5.41, 5.74) is -0.437. The molecule has 1 aliphatic carbocycles. The molecule has 2 atom stereocenters. The molecule has 5 heteroatoms. The van der Waals surface area contributed by atoms with Gasteiger partial charge in [0, 0.05) is 6.54 Å². The summed E-state index contributed by atoms with van der Waals surface area (Å²) in [5, 5.41) is 11.7. The number of hydrogen-bond donors (Lipinski definition) is 2. The fourth-order valence-corrected chi connectivity index (χ4v) is 2.15. The molecule has 0 saturated heterocycles. The van der Waals surface area contributed by atoms with Crippen LogP contribution in [0.4, 0.5) is 0 Å². The average molecular weight is 241 g/mol. The van der Waals surface area contributed by atoms with Gasteiger partial charge in [-0.3, -0.25) is 9.59 Å². The molecule has 0 spiro atoms. The van der Waals surface area contributed by atoms with Gasteiger partial charge in [-0.25, -0.2) is 0 Å². The predicted molar refractivity (Wildman–Crippen MR) is 62.2 cm³/mol. The van der Waals surface area contributed by atoms with Crippen LogP contribution in [-0.2, 0) is 14.3 Å². The van der Waals surface area contributed by atoms with E-state index >= 15 is 0 Å². The van der Waals surface area contributed by atoms with Crippen LogP contribution in [0.2, 0.25) is 0 Å². The maximum Gasteiger partial charge on any atom is 0.307 e. The zero-order valence-corrected chi connectivity index (χ0v) is 10.2. The summed E-state index contributed by atoms with van der Waals surface area (Å²) in [6, 6.07) is 0. The van der Waals surface area contributed by atoms with Crippen molar-refractivity contribution >= 4 is 11.9 Å². The van der Waals surface area contributed by atoms with E-state index in [1.54, 1.807) is 13.8 Å². The molecule has 5 nitrogen and oxygen atoms in total. The standard InChI is InChI=1S/C12H19NO4/c1-4-17-7-5-6-13-10(14)8-9(11(15)16)12(8,2)3/h4,8-9H,1,5-7H2,2-3H3,(H,13,14)(H,15,16)/t8-,9+/m1/s1. The van der Waals surface area contributed by atoms with Gasteiger partial charge >= 0.3 is 5.97 Å². The van der Waals surface area contributed by atoms with Crippen molar-refractivity contribution in [2.45, 2.75) is 20.3 Å². The molecule has 0 unspecified atom stereocenters. The van der Waals surface area contributed by atoms with Crippen LogP contribution in [0.5, 0.6) is 0 Å². The van der Waals surface area contributed by atoms with Crippen LogP contribution < -0.4 is 5.32 Å². The Morgan fingerprint density at radius 2 is 2.12 bits per heavy atom. The summed E-state index contributed by atoms with van der Waals surface area (Å²) in [7, 11) is 0. The molecule has 0 heterocycles. The van der Waals surface area contributed by atoms with Gasteiger partial charge in [-0.1, -0.05) is 20.4 Å². The lowest BCUT2D eigenvalue weighted by Crippen LogP contribution is -2.28. The number of carbonyl (C=O) groups excluding carboxylic acids is 1. The van der Waals surface area contributed by atoms with Crippen LogP contribution in [0, 0.1) is 17.3 Å². The smallest absolute Gasteiger partial charge is 0.307 e. The first kappa shape index (κ1) is 13.5. The minimum absolute atomic E-state index is 0.180. The van der Waals surface area contributed by atoms with Crippen molar-refractivity contribution in [3.05, 3.63) is 12.8 Å². The van der Waals surface area contributed by atoms with Crippen LogP contribution in [0.25, 0.3) is 0 Å². The molecule has 0 aliphatic heterocycles. The number of ether oxygens (including phenoxy) is 1. The molecule has 0 aromatic carbocycles. The maximum atomic E-state index is 11.7. The van der Waals surface area contributed by atoms with E-state index in [0.29, 0.717) is 19.6 Å². The monoisotopic (exact) mass is 241 g/mol. The molecular formula is C12H19NO4. The lowest BCUT2D eigenvalue weighted by atomic mass is 10.1. The van der Waals surface area contributed by atoms with E-state index in [1.807, 2.05) is 0 Å². The molecule has 0 aromatic rings. The highest BCUT2D eigenvalue weighted by Gasteiger charge is 2.65. The minimum Gasteiger partial charge on any atom is -0.502 e. The quantitative estimate of drug-likeness (QED) is 0.515. The fraction of sp³-hybridized carbons (Fsp3) is 0.667. The number of carboxylic acid groups (broad SMARTS) is 1. The van der Waals surface area contributed by atoms with Crippen molar-refractivity contribution in [2.75, 3.05) is 13.2 Å². The van der Waals surface area contributed by atoms with Crippen molar-refractivity contribution < 1.29 is 19.4 Å².